The van der Waals surface area contributed by atoms with Crippen molar-refractivity contribution in [3.63, 3.8) is 0 Å². The highest BCUT2D eigenvalue weighted by molar-refractivity contribution is 5.82. The van der Waals surface area contributed by atoms with E-state index in [4.69, 9.17) is 28.7 Å². The average molecular weight is 436 g/mol. The van der Waals surface area contributed by atoms with E-state index in [0.717, 1.165) is 16.8 Å². The number of methoxy groups -OCH3 is 5. The summed E-state index contributed by atoms with van der Waals surface area (Å²) in [5.74, 6) is 3.62. The van der Waals surface area contributed by atoms with Gasteiger partial charge < -0.3 is 29.0 Å². The standard InChI is InChI=1S/C23H24N4O5/c1-28-15-6-7-16(18(12-15)29-2)17-13-24-27-9-8-21(26-23(17)27)25-14-10-19(30-3)22(32-5)20(11-14)31-4/h6-13H,1-5H3,(H,25,26). The van der Waals surface area contributed by atoms with Gasteiger partial charge in [-0.25, -0.2) is 9.50 Å². The number of nitrogens with zero attached hydrogens (tertiary/aromatic N) is 3. The van der Waals surface area contributed by atoms with Crippen LogP contribution in [0.5, 0.6) is 28.7 Å². The minimum Gasteiger partial charge on any atom is -0.497 e. The molecule has 0 spiro atoms. The molecule has 166 valence electrons. The van der Waals surface area contributed by atoms with Crippen molar-refractivity contribution in [2.45, 2.75) is 0 Å². The van der Waals surface area contributed by atoms with Gasteiger partial charge in [0, 0.05) is 35.6 Å². The van der Waals surface area contributed by atoms with Gasteiger partial charge in [-0.15, -0.1) is 0 Å². The van der Waals surface area contributed by atoms with Crippen LogP contribution in [-0.4, -0.2) is 50.1 Å². The number of hydrogen-bond acceptors (Lipinski definition) is 8. The predicted molar refractivity (Wildman–Crippen MR) is 121 cm³/mol. The molecule has 0 unspecified atom stereocenters. The van der Waals surface area contributed by atoms with Crippen molar-refractivity contribution in [2.75, 3.05) is 40.9 Å². The first kappa shape index (κ1) is 21.1. The monoisotopic (exact) mass is 436 g/mol. The van der Waals surface area contributed by atoms with E-state index in [-0.39, 0.29) is 0 Å². The maximum atomic E-state index is 5.56. The second kappa shape index (κ2) is 8.93. The summed E-state index contributed by atoms with van der Waals surface area (Å²) in [7, 11) is 7.96. The van der Waals surface area contributed by atoms with Crippen LogP contribution in [0.4, 0.5) is 11.5 Å². The molecule has 0 saturated heterocycles. The Bertz CT molecular complexity index is 1230. The van der Waals surface area contributed by atoms with Gasteiger partial charge in [0.2, 0.25) is 5.75 Å². The molecule has 0 radical (unpaired) electrons. The molecule has 1 N–H and O–H groups in total. The number of ether oxygens (including phenoxy) is 5. The van der Waals surface area contributed by atoms with Crippen molar-refractivity contribution in [3.05, 3.63) is 48.8 Å². The van der Waals surface area contributed by atoms with Crippen LogP contribution in [0, 0.1) is 0 Å². The molecule has 0 aliphatic heterocycles. The fourth-order valence-electron chi connectivity index (χ4n) is 3.45. The number of hydrogen-bond donors (Lipinski definition) is 1. The van der Waals surface area contributed by atoms with Gasteiger partial charge in [0.1, 0.15) is 17.3 Å². The Labute approximate surface area is 185 Å². The van der Waals surface area contributed by atoms with Gasteiger partial charge in [0.25, 0.3) is 0 Å². The molecule has 0 aliphatic rings. The number of rotatable bonds is 8. The molecule has 0 fully saturated rings. The molecule has 2 heterocycles. The third-order valence-electron chi connectivity index (χ3n) is 5.01. The zero-order valence-electron chi connectivity index (χ0n) is 18.5. The van der Waals surface area contributed by atoms with Crippen LogP contribution in [0.3, 0.4) is 0 Å². The number of fused-ring (bicyclic) bond motifs is 1. The molecule has 0 saturated carbocycles. The van der Waals surface area contributed by atoms with Crippen LogP contribution in [0.1, 0.15) is 0 Å². The molecule has 0 bridgehead atoms. The van der Waals surface area contributed by atoms with E-state index in [1.54, 1.807) is 46.3 Å². The number of benzene rings is 2. The molecule has 4 aromatic rings. The fraction of sp³-hybridized carbons (Fsp3) is 0.217. The van der Waals surface area contributed by atoms with Gasteiger partial charge in [0.15, 0.2) is 17.1 Å². The first-order chi connectivity index (χ1) is 15.6. The molecule has 9 nitrogen and oxygen atoms in total. The highest BCUT2D eigenvalue weighted by atomic mass is 16.5. The second-order valence-electron chi connectivity index (χ2n) is 6.74. The van der Waals surface area contributed by atoms with Gasteiger partial charge in [0.05, 0.1) is 47.3 Å². The Morgan fingerprint density at radius 2 is 1.47 bits per heavy atom. The summed E-state index contributed by atoms with van der Waals surface area (Å²) < 4.78 is 28.8. The zero-order valence-corrected chi connectivity index (χ0v) is 18.5. The van der Waals surface area contributed by atoms with E-state index in [9.17, 15) is 0 Å². The first-order valence-electron chi connectivity index (χ1n) is 9.75. The highest BCUT2D eigenvalue weighted by Crippen LogP contribution is 2.41. The topological polar surface area (TPSA) is 88.4 Å². The second-order valence-corrected chi connectivity index (χ2v) is 6.74. The first-order valence-corrected chi connectivity index (χ1v) is 9.75. The molecule has 0 aliphatic carbocycles. The quantitative estimate of drug-likeness (QED) is 0.440. The van der Waals surface area contributed by atoms with E-state index in [2.05, 4.69) is 10.4 Å². The van der Waals surface area contributed by atoms with Gasteiger partial charge in [-0.3, -0.25) is 0 Å². The lowest BCUT2D eigenvalue weighted by Crippen LogP contribution is -2.00. The van der Waals surface area contributed by atoms with Gasteiger partial charge in [-0.05, 0) is 18.2 Å². The smallest absolute Gasteiger partial charge is 0.203 e. The molecule has 4 rings (SSSR count). The number of anilines is 2. The van der Waals surface area contributed by atoms with E-state index in [1.165, 1.54) is 0 Å². The Balaban J connectivity index is 1.74. The highest BCUT2D eigenvalue weighted by Gasteiger charge is 2.16. The Morgan fingerprint density at radius 3 is 2.09 bits per heavy atom. The molecular formula is C23H24N4O5. The molecule has 2 aromatic heterocycles. The third-order valence-corrected chi connectivity index (χ3v) is 5.01. The third kappa shape index (κ3) is 3.80. The maximum Gasteiger partial charge on any atom is 0.203 e. The summed E-state index contributed by atoms with van der Waals surface area (Å²) in [6.45, 7) is 0. The van der Waals surface area contributed by atoms with Crippen molar-refractivity contribution in [2.24, 2.45) is 0 Å². The van der Waals surface area contributed by atoms with Crippen LogP contribution in [-0.2, 0) is 0 Å². The van der Waals surface area contributed by atoms with E-state index in [0.29, 0.717) is 40.2 Å². The largest absolute Gasteiger partial charge is 0.497 e. The minimum absolute atomic E-state index is 0.522. The van der Waals surface area contributed by atoms with Crippen LogP contribution < -0.4 is 29.0 Å². The molecule has 0 atom stereocenters. The van der Waals surface area contributed by atoms with Crippen LogP contribution in [0.15, 0.2) is 48.8 Å². The normalized spacial score (nSPS) is 10.7. The molecule has 2 aromatic carbocycles. The average Bonchev–Trinajstić information content (AvgIpc) is 3.25. The summed E-state index contributed by atoms with van der Waals surface area (Å²) in [5.41, 5.74) is 3.10. The van der Waals surface area contributed by atoms with E-state index in [1.807, 2.05) is 42.6 Å². The summed E-state index contributed by atoms with van der Waals surface area (Å²) in [4.78, 5) is 4.77. The lowest BCUT2D eigenvalue weighted by molar-refractivity contribution is 0.324. The van der Waals surface area contributed by atoms with Crippen LogP contribution >= 0.6 is 0 Å². The summed E-state index contributed by atoms with van der Waals surface area (Å²) in [6, 6.07) is 11.1. The molecule has 9 heteroatoms. The Kier molecular flexibility index (Phi) is 5.89. The summed E-state index contributed by atoms with van der Waals surface area (Å²) >= 11 is 0. The minimum atomic E-state index is 0.522. The lowest BCUT2D eigenvalue weighted by atomic mass is 10.1. The lowest BCUT2D eigenvalue weighted by Gasteiger charge is -2.15. The Hall–Kier alpha value is -4.14. The SMILES string of the molecule is COc1ccc(-c2cnn3ccc(Nc4cc(OC)c(OC)c(OC)c4)nc23)c(OC)c1. The van der Waals surface area contributed by atoms with Crippen molar-refractivity contribution in [1.82, 2.24) is 14.6 Å². The summed E-state index contributed by atoms with van der Waals surface area (Å²) in [5, 5.41) is 7.71. The summed E-state index contributed by atoms with van der Waals surface area (Å²) in [6.07, 6.45) is 3.60. The van der Waals surface area contributed by atoms with Crippen molar-refractivity contribution < 1.29 is 23.7 Å². The Morgan fingerprint density at radius 1 is 0.750 bits per heavy atom. The van der Waals surface area contributed by atoms with Gasteiger partial charge in [-0.1, -0.05) is 0 Å². The number of nitrogens with one attached hydrogen (secondary N) is 1. The van der Waals surface area contributed by atoms with Crippen molar-refractivity contribution in [1.29, 1.82) is 0 Å². The van der Waals surface area contributed by atoms with Crippen molar-refractivity contribution >= 4 is 17.2 Å². The van der Waals surface area contributed by atoms with Crippen LogP contribution in [0.2, 0.25) is 0 Å². The van der Waals surface area contributed by atoms with E-state index < -0.39 is 0 Å². The molecule has 32 heavy (non-hydrogen) atoms. The maximum absolute atomic E-state index is 5.56. The van der Waals surface area contributed by atoms with Crippen molar-refractivity contribution in [3.8, 4) is 39.9 Å². The number of aromatic nitrogens is 3. The molecular weight excluding hydrogens is 412 g/mol. The van der Waals surface area contributed by atoms with Gasteiger partial charge >= 0.3 is 0 Å². The van der Waals surface area contributed by atoms with Gasteiger partial charge in [-0.2, -0.15) is 5.10 Å². The fourth-order valence-corrected chi connectivity index (χ4v) is 3.45. The van der Waals surface area contributed by atoms with E-state index >= 15 is 0 Å². The zero-order chi connectivity index (χ0) is 22.7. The molecule has 0 amide bonds. The predicted octanol–water partition coefficient (Wildman–Crippen LogP) is 4.18. The van der Waals surface area contributed by atoms with Crippen LogP contribution in [0.25, 0.3) is 16.8 Å².